The fourth-order valence-corrected chi connectivity index (χ4v) is 2.47. The van der Waals surface area contributed by atoms with Crippen LogP contribution in [-0.2, 0) is 16.0 Å². The summed E-state index contributed by atoms with van der Waals surface area (Å²) in [6.07, 6.45) is 3.59. The first-order valence-electron chi connectivity index (χ1n) is 5.60. The van der Waals surface area contributed by atoms with Crippen LogP contribution in [0.4, 0.5) is 0 Å². The highest BCUT2D eigenvalue weighted by Gasteiger charge is 2.25. The van der Waals surface area contributed by atoms with Gasteiger partial charge in [-0.2, -0.15) is 0 Å². The van der Waals surface area contributed by atoms with Gasteiger partial charge in [0.05, 0.1) is 11.6 Å². The van der Waals surface area contributed by atoms with E-state index in [1.807, 2.05) is 6.07 Å². The number of hydrogen-bond donors (Lipinski definition) is 0. The molecule has 1 heterocycles. The van der Waals surface area contributed by atoms with Gasteiger partial charge in [-0.1, -0.05) is 27.5 Å². The van der Waals surface area contributed by atoms with E-state index in [1.54, 1.807) is 19.1 Å². The van der Waals surface area contributed by atoms with E-state index in [0.29, 0.717) is 23.8 Å². The molecule has 0 fully saturated rings. The molecule has 5 heteroatoms. The molecule has 1 atom stereocenters. The molecule has 2 rings (SSSR count). The third-order valence-electron chi connectivity index (χ3n) is 2.56. The summed E-state index contributed by atoms with van der Waals surface area (Å²) in [5.41, 5.74) is 1.03. The van der Waals surface area contributed by atoms with Crippen molar-refractivity contribution in [3.05, 3.63) is 39.3 Å². The second-order valence-corrected chi connectivity index (χ2v) is 5.07. The Kier molecular flexibility index (Phi) is 4.30. The van der Waals surface area contributed by atoms with Gasteiger partial charge in [0.25, 0.3) is 0 Å². The van der Waals surface area contributed by atoms with Crippen molar-refractivity contribution in [2.24, 2.45) is 0 Å². The molecule has 0 aromatic heterocycles. The minimum absolute atomic E-state index is 0.180. The molecule has 0 N–H and O–H groups in total. The lowest BCUT2D eigenvalue weighted by molar-refractivity contribution is -0.137. The summed E-state index contributed by atoms with van der Waals surface area (Å²) < 4.78 is 11.5. The van der Waals surface area contributed by atoms with Crippen LogP contribution in [0.1, 0.15) is 12.5 Å². The summed E-state index contributed by atoms with van der Waals surface area (Å²) in [4.78, 5) is 11.2. The minimum atomic E-state index is -0.359. The van der Waals surface area contributed by atoms with Gasteiger partial charge in [-0.15, -0.1) is 0 Å². The molecule has 96 valence electrons. The second-order valence-electron chi connectivity index (χ2n) is 3.81. The number of rotatable bonds is 3. The summed E-state index contributed by atoms with van der Waals surface area (Å²) in [6.45, 7) is 2.14. The van der Waals surface area contributed by atoms with E-state index in [4.69, 9.17) is 21.1 Å². The highest BCUT2D eigenvalue weighted by Crippen LogP contribution is 2.40. The van der Waals surface area contributed by atoms with E-state index in [1.165, 1.54) is 6.08 Å². The Morgan fingerprint density at radius 1 is 1.67 bits per heavy atom. The van der Waals surface area contributed by atoms with Gasteiger partial charge >= 0.3 is 5.97 Å². The smallest absolute Gasteiger partial charge is 0.330 e. The first kappa shape index (κ1) is 13.4. The lowest BCUT2D eigenvalue weighted by Gasteiger charge is -2.05. The van der Waals surface area contributed by atoms with Crippen LogP contribution in [0.15, 0.2) is 28.8 Å². The molecule has 0 saturated heterocycles. The molecule has 0 amide bonds. The van der Waals surface area contributed by atoms with Crippen LogP contribution in [0.25, 0.3) is 0 Å². The Balaban J connectivity index is 2.08. The molecular formula is C13H12BrClO3. The molecule has 1 aliphatic rings. The van der Waals surface area contributed by atoms with Crippen LogP contribution < -0.4 is 4.74 Å². The van der Waals surface area contributed by atoms with Crippen LogP contribution in [0.2, 0.25) is 5.02 Å². The average Bonchev–Trinajstić information content (AvgIpc) is 2.77. The maximum Gasteiger partial charge on any atom is 0.330 e. The third kappa shape index (κ3) is 2.87. The number of esters is 1. The summed E-state index contributed by atoms with van der Waals surface area (Å²) in [5, 5.41) is 0.584. The van der Waals surface area contributed by atoms with Crippen molar-refractivity contribution in [2.45, 2.75) is 19.4 Å². The monoisotopic (exact) mass is 330 g/mol. The molecule has 1 unspecified atom stereocenters. The van der Waals surface area contributed by atoms with E-state index >= 15 is 0 Å². The van der Waals surface area contributed by atoms with E-state index in [-0.39, 0.29) is 12.1 Å². The summed E-state index contributed by atoms with van der Waals surface area (Å²) in [6, 6.07) is 3.67. The number of halogens is 2. The van der Waals surface area contributed by atoms with Crippen LogP contribution in [0, 0.1) is 0 Å². The van der Waals surface area contributed by atoms with Gasteiger partial charge in [0.1, 0.15) is 11.9 Å². The highest BCUT2D eigenvalue weighted by atomic mass is 79.9. The Morgan fingerprint density at radius 3 is 3.11 bits per heavy atom. The van der Waals surface area contributed by atoms with Crippen molar-refractivity contribution in [3.63, 3.8) is 0 Å². The van der Waals surface area contributed by atoms with E-state index in [9.17, 15) is 4.79 Å². The Bertz CT molecular complexity index is 468. The quantitative estimate of drug-likeness (QED) is 0.628. The molecule has 0 spiro atoms. The molecular weight excluding hydrogens is 319 g/mol. The van der Waals surface area contributed by atoms with Crippen molar-refractivity contribution in [1.29, 1.82) is 0 Å². The van der Waals surface area contributed by atoms with E-state index in [0.717, 1.165) is 10.0 Å². The number of hydrogen-bond acceptors (Lipinski definition) is 3. The summed E-state index contributed by atoms with van der Waals surface area (Å²) in [7, 11) is 0. The molecule has 0 bridgehead atoms. The SMILES string of the molecule is CCOC(=O)/C=C/C1Cc2c(Br)ccc(Cl)c2O1. The van der Waals surface area contributed by atoms with Gasteiger partial charge in [-0.3, -0.25) is 0 Å². The number of carbonyl (C=O) groups is 1. The van der Waals surface area contributed by atoms with Crippen molar-refractivity contribution in [3.8, 4) is 5.75 Å². The van der Waals surface area contributed by atoms with Gasteiger partial charge in [0.2, 0.25) is 0 Å². The van der Waals surface area contributed by atoms with Gasteiger partial charge in [0.15, 0.2) is 0 Å². The molecule has 1 aromatic carbocycles. The Labute approximate surface area is 119 Å². The molecule has 1 aliphatic heterocycles. The Hall–Kier alpha value is -1.00. The van der Waals surface area contributed by atoms with Crippen LogP contribution in [-0.4, -0.2) is 18.7 Å². The fourth-order valence-electron chi connectivity index (χ4n) is 1.77. The molecule has 0 saturated carbocycles. The van der Waals surface area contributed by atoms with E-state index in [2.05, 4.69) is 15.9 Å². The van der Waals surface area contributed by atoms with Crippen molar-refractivity contribution < 1.29 is 14.3 Å². The standard InChI is InChI=1S/C13H12BrClO3/c1-2-17-12(16)6-3-8-7-9-10(14)4-5-11(15)13(9)18-8/h3-6,8H,2,7H2,1H3/b6-3+. The van der Waals surface area contributed by atoms with Gasteiger partial charge in [0, 0.05) is 22.5 Å². The minimum Gasteiger partial charge on any atom is -0.484 e. The van der Waals surface area contributed by atoms with Crippen LogP contribution in [0.5, 0.6) is 5.75 Å². The highest BCUT2D eigenvalue weighted by molar-refractivity contribution is 9.10. The maximum absolute atomic E-state index is 11.2. The molecule has 18 heavy (non-hydrogen) atoms. The molecule has 0 radical (unpaired) electrons. The lowest BCUT2D eigenvalue weighted by atomic mass is 10.1. The lowest BCUT2D eigenvalue weighted by Crippen LogP contribution is -2.10. The Morgan fingerprint density at radius 2 is 2.44 bits per heavy atom. The van der Waals surface area contributed by atoms with E-state index < -0.39 is 0 Å². The number of carbonyl (C=O) groups excluding carboxylic acids is 1. The van der Waals surface area contributed by atoms with Crippen molar-refractivity contribution >= 4 is 33.5 Å². The molecule has 1 aromatic rings. The third-order valence-corrected chi connectivity index (χ3v) is 3.60. The van der Waals surface area contributed by atoms with Gasteiger partial charge in [-0.05, 0) is 25.1 Å². The van der Waals surface area contributed by atoms with Gasteiger partial charge < -0.3 is 9.47 Å². The normalized spacial score (nSPS) is 17.6. The van der Waals surface area contributed by atoms with Crippen LogP contribution >= 0.6 is 27.5 Å². The summed E-state index contributed by atoms with van der Waals surface area (Å²) >= 11 is 9.52. The average molecular weight is 332 g/mol. The largest absolute Gasteiger partial charge is 0.484 e. The number of benzene rings is 1. The molecule has 3 nitrogen and oxygen atoms in total. The second kappa shape index (κ2) is 5.76. The predicted octanol–water partition coefficient (Wildman–Crippen LogP) is 3.53. The fraction of sp³-hybridized carbons (Fsp3) is 0.308. The van der Waals surface area contributed by atoms with Crippen LogP contribution in [0.3, 0.4) is 0 Å². The maximum atomic E-state index is 11.2. The van der Waals surface area contributed by atoms with Gasteiger partial charge in [-0.25, -0.2) is 4.79 Å². The predicted molar refractivity (Wildman–Crippen MR) is 73.0 cm³/mol. The summed E-state index contributed by atoms with van der Waals surface area (Å²) in [5.74, 6) is 0.326. The zero-order chi connectivity index (χ0) is 13.1. The zero-order valence-corrected chi connectivity index (χ0v) is 12.1. The number of fused-ring (bicyclic) bond motifs is 1. The van der Waals surface area contributed by atoms with Crippen molar-refractivity contribution in [1.82, 2.24) is 0 Å². The first-order chi connectivity index (χ1) is 8.61. The van der Waals surface area contributed by atoms with Crippen molar-refractivity contribution in [2.75, 3.05) is 6.61 Å². The first-order valence-corrected chi connectivity index (χ1v) is 6.77. The molecule has 0 aliphatic carbocycles. The topological polar surface area (TPSA) is 35.5 Å². The number of ether oxygens (including phenoxy) is 2. The zero-order valence-electron chi connectivity index (χ0n) is 9.78.